The fraction of sp³-hybridized carbons (Fsp3) is 0.269. The number of likely N-dealkylation sites (tertiary alicyclic amines) is 1. The second kappa shape index (κ2) is 11.3. The molecule has 5 rings (SSSR count). The maximum atomic E-state index is 12.7. The van der Waals surface area contributed by atoms with Gasteiger partial charge in [0.25, 0.3) is 5.91 Å². The maximum absolute atomic E-state index is 12.7. The predicted octanol–water partition coefficient (Wildman–Crippen LogP) is 4.45. The molecule has 4 aromatic rings. The summed E-state index contributed by atoms with van der Waals surface area (Å²) >= 11 is 0. The number of nitrogens with zero attached hydrogens (tertiary/aromatic N) is 5. The lowest BCUT2D eigenvalue weighted by Gasteiger charge is -2.30. The lowest BCUT2D eigenvalue weighted by molar-refractivity contribution is -0.192. The summed E-state index contributed by atoms with van der Waals surface area (Å²) in [6.45, 7) is 1.41. The molecule has 1 aliphatic heterocycles. The van der Waals surface area contributed by atoms with Crippen LogP contribution in [-0.4, -0.2) is 67.8 Å². The lowest BCUT2D eigenvalue weighted by Crippen LogP contribution is -2.38. The summed E-state index contributed by atoms with van der Waals surface area (Å²) in [5.41, 5.74) is 3.64. The molecule has 9 nitrogen and oxygen atoms in total. The van der Waals surface area contributed by atoms with Gasteiger partial charge in [-0.25, -0.2) is 14.3 Å². The Kier molecular flexibility index (Phi) is 7.89. The number of rotatable bonds is 4. The fourth-order valence-corrected chi connectivity index (χ4v) is 4.06. The number of aliphatic carboxylic acids is 1. The second-order valence-electron chi connectivity index (χ2n) is 8.53. The highest BCUT2D eigenvalue weighted by atomic mass is 19.4. The molecule has 0 radical (unpaired) electrons. The number of amides is 1. The molecular weight excluding hydrogens is 503 g/mol. The Bertz CT molecular complexity index is 1420. The van der Waals surface area contributed by atoms with E-state index < -0.39 is 12.1 Å². The molecule has 1 saturated heterocycles. The van der Waals surface area contributed by atoms with Gasteiger partial charge in [0.15, 0.2) is 11.5 Å². The predicted molar refractivity (Wildman–Crippen MR) is 131 cm³/mol. The molecule has 0 saturated carbocycles. The number of hydrogen-bond acceptors (Lipinski definition) is 6. The Labute approximate surface area is 215 Å². The van der Waals surface area contributed by atoms with Gasteiger partial charge in [-0.05, 0) is 54.8 Å². The van der Waals surface area contributed by atoms with Gasteiger partial charge in [-0.3, -0.25) is 9.78 Å². The van der Waals surface area contributed by atoms with Crippen molar-refractivity contribution < 1.29 is 32.6 Å². The van der Waals surface area contributed by atoms with Gasteiger partial charge in [-0.15, -0.1) is 0 Å². The Morgan fingerprint density at radius 3 is 2.34 bits per heavy atom. The fourth-order valence-electron chi connectivity index (χ4n) is 4.06. The summed E-state index contributed by atoms with van der Waals surface area (Å²) in [5.74, 6) is -0.773. The van der Waals surface area contributed by atoms with E-state index in [4.69, 9.17) is 24.7 Å². The zero-order chi connectivity index (χ0) is 27.3. The molecule has 1 aliphatic rings. The highest BCUT2D eigenvalue weighted by Gasteiger charge is 2.38. The number of methoxy groups -OCH3 is 1. The minimum atomic E-state index is -5.08. The molecule has 198 valence electrons. The molecule has 0 unspecified atom stereocenters. The van der Waals surface area contributed by atoms with Crippen molar-refractivity contribution in [2.24, 2.45) is 0 Å². The van der Waals surface area contributed by atoms with E-state index in [-0.39, 0.29) is 11.8 Å². The topological polar surface area (TPSA) is 110 Å². The number of aromatic nitrogens is 4. The molecule has 1 amide bonds. The number of alkyl halides is 3. The van der Waals surface area contributed by atoms with Crippen molar-refractivity contribution >= 4 is 17.5 Å². The normalized spacial score (nSPS) is 14.1. The first-order chi connectivity index (χ1) is 18.2. The Hall–Kier alpha value is -4.48. The van der Waals surface area contributed by atoms with Gasteiger partial charge in [0.1, 0.15) is 5.75 Å². The number of carboxylic acid groups (broad SMARTS) is 1. The smallest absolute Gasteiger partial charge is 0.490 e. The van der Waals surface area contributed by atoms with Crippen LogP contribution >= 0.6 is 0 Å². The third-order valence-corrected chi connectivity index (χ3v) is 6.07. The van der Waals surface area contributed by atoms with Crippen LogP contribution < -0.4 is 4.74 Å². The first-order valence-electron chi connectivity index (χ1n) is 11.7. The summed E-state index contributed by atoms with van der Waals surface area (Å²) < 4.78 is 38.9. The Balaban J connectivity index is 0.000000426. The van der Waals surface area contributed by atoms with E-state index in [0.717, 1.165) is 41.2 Å². The number of ether oxygens (including phenoxy) is 1. The summed E-state index contributed by atoms with van der Waals surface area (Å²) in [6.07, 6.45) is 1.94. The third kappa shape index (κ3) is 6.25. The molecular formula is C26H24F3N5O4. The van der Waals surface area contributed by atoms with Crippen LogP contribution in [0.1, 0.15) is 34.9 Å². The van der Waals surface area contributed by atoms with Gasteiger partial charge in [-0.1, -0.05) is 12.1 Å². The minimum absolute atomic E-state index is 0.0618. The molecule has 3 aromatic heterocycles. The lowest BCUT2D eigenvalue weighted by atomic mass is 9.96. The highest BCUT2D eigenvalue weighted by Crippen LogP contribution is 2.28. The van der Waals surface area contributed by atoms with Crippen LogP contribution in [0.2, 0.25) is 0 Å². The average Bonchev–Trinajstić information content (AvgIpc) is 3.37. The molecule has 1 fully saturated rings. The van der Waals surface area contributed by atoms with Gasteiger partial charge >= 0.3 is 12.1 Å². The molecule has 0 spiro atoms. The van der Waals surface area contributed by atoms with E-state index in [9.17, 15) is 18.0 Å². The van der Waals surface area contributed by atoms with Crippen molar-refractivity contribution in [1.82, 2.24) is 24.5 Å². The highest BCUT2D eigenvalue weighted by molar-refractivity contribution is 5.94. The standard InChI is InChI=1S/C24H23N5O2.C2HF3O2/c1-31-21-4-2-3-19(15-21)20-5-6-22-26-23(27-29(22)16-20)17-9-13-28(14-10-17)24(30)18-7-11-25-12-8-18;3-2(4,5)1(6)7/h2-8,11-12,15-17H,9-10,13-14H2,1H3;(H,6,7). The zero-order valence-corrected chi connectivity index (χ0v) is 20.3. The van der Waals surface area contributed by atoms with Crippen LogP contribution in [0.15, 0.2) is 67.1 Å². The molecule has 0 atom stereocenters. The number of halogens is 3. The summed E-state index contributed by atoms with van der Waals surface area (Å²) in [5, 5.41) is 11.9. The van der Waals surface area contributed by atoms with Crippen LogP contribution in [0.3, 0.4) is 0 Å². The van der Waals surface area contributed by atoms with Crippen molar-refractivity contribution in [2.45, 2.75) is 24.9 Å². The first kappa shape index (κ1) is 26.6. The molecule has 1 aromatic carbocycles. The van der Waals surface area contributed by atoms with Crippen molar-refractivity contribution in [3.63, 3.8) is 0 Å². The molecule has 0 aliphatic carbocycles. The van der Waals surface area contributed by atoms with E-state index in [1.165, 1.54) is 0 Å². The maximum Gasteiger partial charge on any atom is 0.490 e. The van der Waals surface area contributed by atoms with Crippen LogP contribution in [-0.2, 0) is 4.79 Å². The van der Waals surface area contributed by atoms with E-state index in [1.54, 1.807) is 31.6 Å². The molecule has 38 heavy (non-hydrogen) atoms. The van der Waals surface area contributed by atoms with Gasteiger partial charge in [0.05, 0.1) is 7.11 Å². The van der Waals surface area contributed by atoms with Gasteiger partial charge in [0, 0.05) is 48.7 Å². The number of hydrogen-bond donors (Lipinski definition) is 1. The van der Waals surface area contributed by atoms with Crippen molar-refractivity contribution in [2.75, 3.05) is 20.2 Å². The second-order valence-corrected chi connectivity index (χ2v) is 8.53. The number of piperidine rings is 1. The van der Waals surface area contributed by atoms with Crippen LogP contribution in [0, 0.1) is 0 Å². The molecule has 1 N–H and O–H groups in total. The average molecular weight is 528 g/mol. The number of fused-ring (bicyclic) bond motifs is 1. The van der Waals surface area contributed by atoms with Gasteiger partial charge in [0.2, 0.25) is 0 Å². The SMILES string of the molecule is COc1cccc(-c2ccc3nc(C4CCN(C(=O)c5ccncc5)CC4)nn3c2)c1.O=C(O)C(F)(F)F. The van der Waals surface area contributed by atoms with E-state index in [1.807, 2.05) is 39.9 Å². The van der Waals surface area contributed by atoms with Crippen LogP contribution in [0.25, 0.3) is 16.8 Å². The quantitative estimate of drug-likeness (QED) is 0.418. The third-order valence-electron chi connectivity index (χ3n) is 6.07. The van der Waals surface area contributed by atoms with Crippen molar-refractivity contribution in [3.8, 4) is 16.9 Å². The summed E-state index contributed by atoms with van der Waals surface area (Å²) in [6, 6.07) is 15.5. The summed E-state index contributed by atoms with van der Waals surface area (Å²) in [4.78, 5) is 32.2. The number of carboxylic acids is 1. The van der Waals surface area contributed by atoms with Crippen molar-refractivity contribution in [3.05, 3.63) is 78.5 Å². The number of carbonyl (C=O) groups is 2. The van der Waals surface area contributed by atoms with Crippen molar-refractivity contribution in [1.29, 1.82) is 0 Å². The largest absolute Gasteiger partial charge is 0.497 e. The van der Waals surface area contributed by atoms with Gasteiger partial charge in [-0.2, -0.15) is 18.3 Å². The van der Waals surface area contributed by atoms with Crippen LogP contribution in [0.5, 0.6) is 5.75 Å². The minimum Gasteiger partial charge on any atom is -0.497 e. The monoisotopic (exact) mass is 527 g/mol. The number of carbonyl (C=O) groups excluding carboxylic acids is 1. The number of benzene rings is 1. The molecule has 12 heteroatoms. The van der Waals surface area contributed by atoms with Crippen LogP contribution in [0.4, 0.5) is 13.2 Å². The first-order valence-corrected chi connectivity index (χ1v) is 11.7. The molecule has 0 bridgehead atoms. The summed E-state index contributed by atoms with van der Waals surface area (Å²) in [7, 11) is 1.67. The Morgan fingerprint density at radius 2 is 1.71 bits per heavy atom. The van der Waals surface area contributed by atoms with E-state index in [0.29, 0.717) is 18.7 Å². The zero-order valence-electron chi connectivity index (χ0n) is 20.3. The van der Waals surface area contributed by atoms with Gasteiger partial charge < -0.3 is 14.7 Å². The van der Waals surface area contributed by atoms with E-state index >= 15 is 0 Å². The Morgan fingerprint density at radius 1 is 1.03 bits per heavy atom. The molecule has 4 heterocycles. The van der Waals surface area contributed by atoms with E-state index in [2.05, 4.69) is 17.1 Å². The number of pyridine rings is 2.